The number of halogens is 2. The third-order valence-corrected chi connectivity index (χ3v) is 7.47. The van der Waals surface area contributed by atoms with Crippen molar-refractivity contribution >= 4 is 22.5 Å². The Labute approximate surface area is 161 Å². The Morgan fingerprint density at radius 2 is 2.00 bits per heavy atom. The number of benzene rings is 1. The number of amides is 1. The third-order valence-electron chi connectivity index (χ3n) is 4.31. The molecule has 0 spiro atoms. The zero-order valence-corrected chi connectivity index (χ0v) is 17.5. The van der Waals surface area contributed by atoms with E-state index in [0.29, 0.717) is 31.3 Å². The Morgan fingerprint density at radius 1 is 1.29 bits per heavy atom. The van der Waals surface area contributed by atoms with Gasteiger partial charge in [-0.05, 0) is 0 Å². The van der Waals surface area contributed by atoms with Gasteiger partial charge in [-0.15, -0.1) is 0 Å². The van der Waals surface area contributed by atoms with E-state index in [4.69, 9.17) is 9.47 Å². The van der Waals surface area contributed by atoms with E-state index in [2.05, 4.69) is 28.8 Å². The van der Waals surface area contributed by atoms with Crippen molar-refractivity contribution in [3.05, 3.63) is 23.8 Å². The number of ether oxygens (including phenoxy) is 2. The van der Waals surface area contributed by atoms with E-state index in [1.165, 1.54) is 12.8 Å². The summed E-state index contributed by atoms with van der Waals surface area (Å²) in [6.45, 7) is 3.78. The van der Waals surface area contributed by atoms with Crippen LogP contribution in [-0.2, 0) is 0 Å². The molecule has 2 heterocycles. The van der Waals surface area contributed by atoms with Crippen LogP contribution in [0, 0.1) is 0 Å². The monoisotopic (exact) mass is 559 g/mol. The van der Waals surface area contributed by atoms with Crippen LogP contribution in [-0.4, -0.2) is 52.8 Å². The Morgan fingerprint density at radius 3 is 2.71 bits per heavy atom. The summed E-state index contributed by atoms with van der Waals surface area (Å²) in [5.41, 5.74) is 0.746. The topological polar surface area (TPSA) is 71.0 Å². The second-order valence-corrected chi connectivity index (χ2v) is 10.1. The summed E-state index contributed by atoms with van der Waals surface area (Å²) in [6.07, 6.45) is 1.59. The molecule has 0 unspecified atom stereocenters. The predicted molar refractivity (Wildman–Crippen MR) is 94.4 cm³/mol. The van der Waals surface area contributed by atoms with Gasteiger partial charge in [0.05, 0.1) is 0 Å². The zero-order valence-electron chi connectivity index (χ0n) is 13.2. The van der Waals surface area contributed by atoms with Gasteiger partial charge in [-0.2, -0.15) is 0 Å². The van der Waals surface area contributed by atoms with Gasteiger partial charge < -0.3 is 0 Å². The number of hydrogen-bond acceptors (Lipinski definition) is 5. The summed E-state index contributed by atoms with van der Waals surface area (Å²) >= 11 is 1.58. The van der Waals surface area contributed by atoms with Gasteiger partial charge in [-0.3, -0.25) is 0 Å². The molecular weight excluding hydrogens is 538 g/mol. The SMILES string of the molecule is O=C(N[C@H](CN1CCCC1)[C@H](O)c1ccc2c(c1)OCCO2)[I-]I. The maximum atomic E-state index is 11.9. The average Bonchev–Trinajstić information content (AvgIpc) is 3.13. The van der Waals surface area contributed by atoms with Crippen molar-refractivity contribution in [2.45, 2.75) is 25.0 Å². The molecule has 0 aromatic heterocycles. The van der Waals surface area contributed by atoms with E-state index >= 15 is 0 Å². The van der Waals surface area contributed by atoms with Crippen molar-refractivity contribution in [3.63, 3.8) is 0 Å². The second-order valence-electron chi connectivity index (χ2n) is 5.95. The van der Waals surface area contributed by atoms with Crippen molar-refractivity contribution in [3.8, 4) is 11.5 Å². The number of aliphatic hydroxyl groups is 1. The molecule has 1 amide bonds. The fraction of sp³-hybridized carbons (Fsp3) is 0.562. The van der Waals surface area contributed by atoms with Gasteiger partial charge in [0, 0.05) is 0 Å². The van der Waals surface area contributed by atoms with Gasteiger partial charge in [-0.1, -0.05) is 0 Å². The van der Waals surface area contributed by atoms with Gasteiger partial charge in [0.1, 0.15) is 0 Å². The fourth-order valence-electron chi connectivity index (χ4n) is 3.11. The van der Waals surface area contributed by atoms with E-state index in [1.54, 1.807) is 0 Å². The number of fused-ring (bicyclic) bond motifs is 1. The first kappa shape index (κ1) is 18.5. The van der Waals surface area contributed by atoms with Crippen molar-refractivity contribution < 1.29 is 36.6 Å². The minimum atomic E-state index is -0.766. The molecule has 0 saturated carbocycles. The summed E-state index contributed by atoms with van der Waals surface area (Å²) in [4.78, 5) is 14.2. The number of nitrogens with zero attached hydrogens (tertiary/aromatic N) is 1. The van der Waals surface area contributed by atoms with Crippen LogP contribution in [0.1, 0.15) is 24.5 Å². The summed E-state index contributed by atoms with van der Waals surface area (Å²) in [7, 11) is 0. The first-order chi connectivity index (χ1) is 11.7. The molecule has 1 fully saturated rings. The van der Waals surface area contributed by atoms with Crippen molar-refractivity contribution in [1.29, 1.82) is 0 Å². The molecular formula is C16H21I2N2O4-. The fourth-order valence-corrected chi connectivity index (χ4v) is 4.42. The molecule has 6 nitrogen and oxygen atoms in total. The molecule has 2 aliphatic heterocycles. The Kier molecular flexibility index (Phi) is 6.81. The summed E-state index contributed by atoms with van der Waals surface area (Å²) in [5, 5.41) is 13.9. The van der Waals surface area contributed by atoms with Crippen LogP contribution in [0.4, 0.5) is 4.79 Å². The van der Waals surface area contributed by atoms with Crippen molar-refractivity contribution in [2.75, 3.05) is 32.8 Å². The first-order valence-corrected chi connectivity index (χ1v) is 15.4. The molecule has 0 aliphatic carbocycles. The van der Waals surface area contributed by atoms with E-state index < -0.39 is 23.3 Å². The zero-order chi connectivity index (χ0) is 16.9. The molecule has 8 heteroatoms. The number of nitrogens with one attached hydrogen (secondary N) is 1. The van der Waals surface area contributed by atoms with Crippen LogP contribution in [0.2, 0.25) is 0 Å². The number of hydrogen-bond donors (Lipinski definition) is 2. The van der Waals surface area contributed by atoms with Gasteiger partial charge in [0.2, 0.25) is 0 Å². The van der Waals surface area contributed by atoms with Crippen LogP contribution in [0.15, 0.2) is 18.2 Å². The van der Waals surface area contributed by atoms with Gasteiger partial charge in [-0.25, -0.2) is 0 Å². The van der Waals surface area contributed by atoms with E-state index in [-0.39, 0.29) is 9.96 Å². The molecule has 134 valence electrons. The Hall–Kier alpha value is -0.330. The second kappa shape index (κ2) is 8.86. The minimum absolute atomic E-state index is 0.0511. The van der Waals surface area contributed by atoms with Crippen LogP contribution < -0.4 is 32.0 Å². The third kappa shape index (κ3) is 4.64. The number of carbonyl (C=O) groups excluding carboxylic acids is 1. The van der Waals surface area contributed by atoms with Gasteiger partial charge in [0.25, 0.3) is 0 Å². The van der Waals surface area contributed by atoms with Crippen LogP contribution in [0.3, 0.4) is 0 Å². The average molecular weight is 559 g/mol. The molecule has 0 radical (unpaired) electrons. The maximum absolute atomic E-state index is 11.9. The van der Waals surface area contributed by atoms with E-state index in [0.717, 1.165) is 18.7 Å². The molecule has 1 aromatic carbocycles. The van der Waals surface area contributed by atoms with Gasteiger partial charge in [0.15, 0.2) is 0 Å². The number of aliphatic hydroxyl groups excluding tert-OH is 1. The Bertz CT molecular complexity index is 581. The summed E-state index contributed by atoms with van der Waals surface area (Å²) < 4.78 is 11.2. The molecule has 24 heavy (non-hydrogen) atoms. The molecule has 3 rings (SSSR count). The molecule has 1 saturated heterocycles. The van der Waals surface area contributed by atoms with Crippen LogP contribution in [0.25, 0.3) is 0 Å². The summed E-state index contributed by atoms with van der Waals surface area (Å²) in [5.74, 6) is 1.36. The molecule has 2 atom stereocenters. The van der Waals surface area contributed by atoms with Gasteiger partial charge >= 0.3 is 162 Å². The molecule has 1 aromatic rings. The van der Waals surface area contributed by atoms with Crippen LogP contribution in [0.5, 0.6) is 11.5 Å². The van der Waals surface area contributed by atoms with Crippen molar-refractivity contribution in [2.24, 2.45) is 0 Å². The number of rotatable bonds is 6. The predicted octanol–water partition coefficient (Wildman–Crippen LogP) is -0.896. The number of carbonyl (C=O) groups is 1. The quantitative estimate of drug-likeness (QED) is 0.269. The van der Waals surface area contributed by atoms with E-state index in [1.807, 2.05) is 18.2 Å². The standard InChI is InChI=1S/C16H21I2N2O4/c17-18-16(22)19-12(10-20-5-1-2-6-20)15(21)11-3-4-13-14(9-11)24-8-7-23-13/h3-4,9,12,15,21H,1-2,5-8,10H2,(H,19,22)/q-1/t12-,15-/m1/s1. The molecule has 2 N–H and O–H groups in total. The molecule has 0 bridgehead atoms. The normalized spacial score (nSPS) is 19.9. The van der Waals surface area contributed by atoms with Crippen LogP contribution >= 0.6 is 18.6 Å². The summed E-state index contributed by atoms with van der Waals surface area (Å²) in [6, 6.07) is 5.18. The Balaban J connectivity index is 1.75. The van der Waals surface area contributed by atoms with Crippen molar-refractivity contribution in [1.82, 2.24) is 10.2 Å². The molecule has 2 aliphatic rings. The number of likely N-dealkylation sites (tertiary alicyclic amines) is 1. The van der Waals surface area contributed by atoms with E-state index in [9.17, 15) is 9.90 Å². The first-order valence-electron chi connectivity index (χ1n) is 8.04.